The number of phosphoric acid groups is 1. The average molecular weight is 814 g/mol. The van der Waals surface area contributed by atoms with Crippen LogP contribution in [0.25, 0.3) is 0 Å². The second kappa shape index (κ2) is 40.9. The van der Waals surface area contributed by atoms with Crippen LogP contribution in [-0.2, 0) is 32.7 Å². The Morgan fingerprint density at radius 1 is 0.544 bits per heavy atom. The molecule has 322 valence electrons. The van der Waals surface area contributed by atoms with Crippen LogP contribution in [0.1, 0.15) is 129 Å². The van der Waals surface area contributed by atoms with Gasteiger partial charge >= 0.3 is 19.8 Å². The molecule has 2 unspecified atom stereocenters. The van der Waals surface area contributed by atoms with E-state index in [-0.39, 0.29) is 26.1 Å². The van der Waals surface area contributed by atoms with E-state index in [4.69, 9.17) is 18.5 Å². The summed E-state index contributed by atoms with van der Waals surface area (Å²) in [7, 11) is -0.774. The molecule has 2 atom stereocenters. The molecule has 0 spiro atoms. The van der Waals surface area contributed by atoms with Gasteiger partial charge in [-0.1, -0.05) is 142 Å². The van der Waals surface area contributed by atoms with E-state index in [1.165, 1.54) is 0 Å². The lowest BCUT2D eigenvalue weighted by Gasteiger charge is -2.20. The summed E-state index contributed by atoms with van der Waals surface area (Å²) in [6.45, 7) is 3.95. The van der Waals surface area contributed by atoms with Gasteiger partial charge in [-0.2, -0.15) is 0 Å². The van der Waals surface area contributed by atoms with E-state index < -0.39 is 32.5 Å². The molecule has 0 aromatic rings. The third-order valence-corrected chi connectivity index (χ3v) is 9.07. The number of hydrogen-bond donors (Lipinski definition) is 1. The molecule has 0 aromatic heterocycles. The van der Waals surface area contributed by atoms with Gasteiger partial charge in [0.2, 0.25) is 0 Å². The van der Waals surface area contributed by atoms with E-state index in [0.717, 1.165) is 89.9 Å². The van der Waals surface area contributed by atoms with Gasteiger partial charge in [0.1, 0.15) is 6.61 Å². The zero-order chi connectivity index (χ0) is 41.9. The van der Waals surface area contributed by atoms with Crippen LogP contribution < -0.4 is 0 Å². The van der Waals surface area contributed by atoms with Gasteiger partial charge in [0, 0.05) is 19.4 Å². The van der Waals surface area contributed by atoms with Crippen molar-refractivity contribution in [2.75, 3.05) is 40.5 Å². The lowest BCUT2D eigenvalue weighted by molar-refractivity contribution is -0.161. The molecule has 0 radical (unpaired) electrons. The molecule has 10 heteroatoms. The third-order valence-electron chi connectivity index (χ3n) is 8.09. The molecule has 0 heterocycles. The van der Waals surface area contributed by atoms with Crippen LogP contribution in [-0.4, -0.2) is 68.3 Å². The summed E-state index contributed by atoms with van der Waals surface area (Å²) in [6.07, 6.45) is 52.9. The van der Waals surface area contributed by atoms with Gasteiger partial charge in [0.05, 0.1) is 13.2 Å². The smallest absolute Gasteiger partial charge is 0.462 e. The molecule has 57 heavy (non-hydrogen) atoms. The normalized spacial score (nSPS) is 14.5. The van der Waals surface area contributed by atoms with Crippen molar-refractivity contribution in [3.63, 3.8) is 0 Å². The number of esters is 2. The highest BCUT2D eigenvalue weighted by molar-refractivity contribution is 7.47. The summed E-state index contributed by atoms with van der Waals surface area (Å²) >= 11 is 0. The van der Waals surface area contributed by atoms with Gasteiger partial charge in [-0.15, -0.1) is 0 Å². The molecular formula is C47H76NO8P. The van der Waals surface area contributed by atoms with Crippen molar-refractivity contribution in [2.24, 2.45) is 0 Å². The Bertz CT molecular complexity index is 1310. The van der Waals surface area contributed by atoms with E-state index in [1.54, 1.807) is 4.90 Å². The number of carbonyl (C=O) groups excluding carboxylic acids is 2. The monoisotopic (exact) mass is 814 g/mol. The van der Waals surface area contributed by atoms with E-state index in [0.29, 0.717) is 19.4 Å². The van der Waals surface area contributed by atoms with E-state index in [1.807, 2.05) is 26.2 Å². The Morgan fingerprint density at radius 2 is 0.982 bits per heavy atom. The van der Waals surface area contributed by atoms with Crippen LogP contribution >= 0.6 is 7.82 Å². The fraction of sp³-hybridized carbons (Fsp3) is 0.574. The van der Waals surface area contributed by atoms with E-state index in [2.05, 4.69) is 111 Å². The number of phosphoric ester groups is 1. The number of nitrogens with zero attached hydrogens (tertiary/aromatic N) is 1. The molecule has 0 aliphatic heterocycles. The maximum absolute atomic E-state index is 12.6. The molecule has 0 aliphatic carbocycles. The third kappa shape index (κ3) is 42.1. The zero-order valence-electron chi connectivity index (χ0n) is 35.7. The van der Waals surface area contributed by atoms with E-state index >= 15 is 0 Å². The quantitative estimate of drug-likeness (QED) is 0.0283. The van der Waals surface area contributed by atoms with Gasteiger partial charge in [-0.05, 0) is 97.6 Å². The number of hydrogen-bond acceptors (Lipinski definition) is 8. The molecule has 9 nitrogen and oxygen atoms in total. The van der Waals surface area contributed by atoms with Crippen LogP contribution in [0.2, 0.25) is 0 Å². The van der Waals surface area contributed by atoms with Gasteiger partial charge in [-0.25, -0.2) is 4.57 Å². The maximum Gasteiger partial charge on any atom is 0.472 e. The number of likely N-dealkylation sites (N-methyl/N-ethyl adjacent to an activating group) is 1. The first-order valence-corrected chi connectivity index (χ1v) is 22.7. The summed E-state index contributed by atoms with van der Waals surface area (Å²) in [4.78, 5) is 37.0. The first kappa shape index (κ1) is 53.7. The summed E-state index contributed by atoms with van der Waals surface area (Å²) in [5.41, 5.74) is 0. The van der Waals surface area contributed by atoms with Crippen LogP contribution in [0.3, 0.4) is 0 Å². The Hall–Kier alpha value is -3.33. The second-order valence-electron chi connectivity index (χ2n) is 13.7. The lowest BCUT2D eigenvalue weighted by atomic mass is 10.1. The van der Waals surface area contributed by atoms with E-state index in [9.17, 15) is 19.0 Å². The van der Waals surface area contributed by atoms with Crippen molar-refractivity contribution in [1.82, 2.24) is 4.90 Å². The van der Waals surface area contributed by atoms with Crippen LogP contribution in [0.5, 0.6) is 0 Å². The van der Waals surface area contributed by atoms with Crippen molar-refractivity contribution in [1.29, 1.82) is 0 Å². The molecule has 0 saturated heterocycles. The fourth-order valence-corrected chi connectivity index (χ4v) is 5.64. The number of unbranched alkanes of at least 4 members (excludes halogenated alkanes) is 5. The van der Waals surface area contributed by atoms with Gasteiger partial charge in [-0.3, -0.25) is 18.6 Å². The molecular weight excluding hydrogens is 737 g/mol. The lowest BCUT2D eigenvalue weighted by Crippen LogP contribution is -2.29. The van der Waals surface area contributed by atoms with Gasteiger partial charge in [0.25, 0.3) is 0 Å². The molecule has 0 saturated carbocycles. The Balaban J connectivity index is 4.49. The van der Waals surface area contributed by atoms with Crippen molar-refractivity contribution >= 4 is 19.8 Å². The van der Waals surface area contributed by atoms with Crippen molar-refractivity contribution in [2.45, 2.75) is 136 Å². The van der Waals surface area contributed by atoms with Crippen molar-refractivity contribution in [3.8, 4) is 0 Å². The second-order valence-corrected chi connectivity index (χ2v) is 15.2. The largest absolute Gasteiger partial charge is 0.472 e. The summed E-state index contributed by atoms with van der Waals surface area (Å²) in [6, 6.07) is 0. The number of ether oxygens (including phenoxy) is 2. The number of carbonyl (C=O) groups is 2. The number of rotatable bonds is 37. The highest BCUT2D eigenvalue weighted by atomic mass is 31.2. The topological polar surface area (TPSA) is 112 Å². The van der Waals surface area contributed by atoms with Gasteiger partial charge < -0.3 is 19.3 Å². The molecule has 0 bridgehead atoms. The highest BCUT2D eigenvalue weighted by Crippen LogP contribution is 2.43. The fourth-order valence-electron chi connectivity index (χ4n) is 4.90. The average Bonchev–Trinajstić information content (AvgIpc) is 3.18. The first-order valence-electron chi connectivity index (χ1n) is 21.2. The van der Waals surface area contributed by atoms with Gasteiger partial charge in [0.15, 0.2) is 6.10 Å². The first-order chi connectivity index (χ1) is 27.7. The Labute approximate surface area is 346 Å². The standard InChI is InChI=1S/C47H76NO8P/c1-5-7-9-11-13-15-17-19-21-22-23-24-26-28-30-32-34-36-38-40-47(50)56-45(44-55-57(51,52)54-42-41-48(3)4)43-53-46(49)39-37-35-33-31-29-27-25-20-18-16-14-12-10-8-6-2/h7-10,13-16,19-21,23-25,28,30,34,36,45H,5-6,11-12,17-18,22,26-27,29,31-33,35,37-44H2,1-4H3,(H,51,52)/b9-7-,10-8-,15-13-,16-14-,21-19-,24-23-,25-20-,30-28-,36-34-. The molecule has 0 fully saturated rings. The minimum absolute atomic E-state index is 0.0160. The zero-order valence-corrected chi connectivity index (χ0v) is 36.6. The molecule has 0 rings (SSSR count). The Morgan fingerprint density at radius 3 is 1.47 bits per heavy atom. The molecule has 0 amide bonds. The van der Waals surface area contributed by atoms with Crippen LogP contribution in [0, 0.1) is 0 Å². The number of allylic oxidation sites excluding steroid dienone is 18. The predicted octanol–water partition coefficient (Wildman–Crippen LogP) is 12.2. The van der Waals surface area contributed by atoms with Crippen molar-refractivity contribution < 1.29 is 37.6 Å². The maximum atomic E-state index is 12.6. The summed E-state index contributed by atoms with van der Waals surface area (Å²) in [5.74, 6) is -0.934. The van der Waals surface area contributed by atoms with Crippen LogP contribution in [0.15, 0.2) is 109 Å². The highest BCUT2D eigenvalue weighted by Gasteiger charge is 2.26. The SMILES string of the molecule is CC/C=C\C/C=C\C/C=C\C/C=C\C/C=C\C/C=C\CCC(=O)OC(COC(=O)CCCCCCC/C=C\C/C=C\C/C=C\CC)COP(=O)(O)OCCN(C)C. The van der Waals surface area contributed by atoms with Crippen molar-refractivity contribution in [3.05, 3.63) is 109 Å². The minimum Gasteiger partial charge on any atom is -0.462 e. The Kier molecular flexibility index (Phi) is 38.5. The minimum atomic E-state index is -4.39. The molecule has 0 aromatic carbocycles. The molecule has 0 aliphatic rings. The summed E-state index contributed by atoms with van der Waals surface area (Å²) in [5, 5.41) is 0. The predicted molar refractivity (Wildman–Crippen MR) is 238 cm³/mol. The summed E-state index contributed by atoms with van der Waals surface area (Å²) < 4.78 is 33.3. The van der Waals surface area contributed by atoms with Crippen LogP contribution in [0.4, 0.5) is 0 Å². The molecule has 1 N–H and O–H groups in total.